The third kappa shape index (κ3) is 2.63. The van der Waals surface area contributed by atoms with Crippen LogP contribution in [0.15, 0.2) is 58.8 Å². The molecule has 2 aromatic rings. The van der Waals surface area contributed by atoms with Crippen LogP contribution in [-0.2, 0) is 0 Å². The molecule has 0 fully saturated rings. The first-order chi connectivity index (χ1) is 9.74. The smallest absolute Gasteiger partial charge is 0.0584 e. The Morgan fingerprint density at radius 1 is 1.05 bits per heavy atom. The molecular formula is C17H16N2S. The van der Waals surface area contributed by atoms with Gasteiger partial charge in [-0.05, 0) is 43.4 Å². The van der Waals surface area contributed by atoms with Crippen molar-refractivity contribution < 1.29 is 0 Å². The number of benzene rings is 1. The van der Waals surface area contributed by atoms with Crippen LogP contribution in [0.3, 0.4) is 0 Å². The standard InChI is InChI=1S/C17H16N2S/c1-12-13(2)19-11-15(7-5-9-18-12)17-10-14-6-3-4-8-16(14)20-17/h3-6,8-11H,7H2,1-2H3/b9-5-,15-11+,18-12?,19-13?. The molecule has 0 spiro atoms. The summed E-state index contributed by atoms with van der Waals surface area (Å²) < 4.78 is 1.32. The van der Waals surface area contributed by atoms with Gasteiger partial charge in [0.1, 0.15) is 0 Å². The molecule has 0 unspecified atom stereocenters. The summed E-state index contributed by atoms with van der Waals surface area (Å²) in [6.07, 6.45) is 6.81. The van der Waals surface area contributed by atoms with Gasteiger partial charge in [0.25, 0.3) is 0 Å². The molecule has 3 heteroatoms. The SMILES string of the molecule is CC1=N/C=C\C/C(c2cc3ccccc3s2)=C\N=C1C. The Balaban J connectivity index is 2.04. The minimum atomic E-state index is 0.861. The van der Waals surface area contributed by atoms with E-state index in [1.165, 1.54) is 20.5 Å². The predicted molar refractivity (Wildman–Crippen MR) is 89.8 cm³/mol. The van der Waals surface area contributed by atoms with Crippen molar-refractivity contribution in [1.29, 1.82) is 0 Å². The fraction of sp³-hybridized carbons (Fsp3) is 0.176. The van der Waals surface area contributed by atoms with E-state index in [1.807, 2.05) is 37.6 Å². The van der Waals surface area contributed by atoms with Crippen LogP contribution in [0.5, 0.6) is 0 Å². The van der Waals surface area contributed by atoms with Crippen LogP contribution in [-0.4, -0.2) is 11.4 Å². The van der Waals surface area contributed by atoms with Crippen LogP contribution >= 0.6 is 11.3 Å². The first-order valence-electron chi connectivity index (χ1n) is 6.66. The van der Waals surface area contributed by atoms with E-state index in [1.54, 1.807) is 0 Å². The van der Waals surface area contributed by atoms with E-state index in [0.717, 1.165) is 17.8 Å². The summed E-state index contributed by atoms with van der Waals surface area (Å²) in [6.45, 7) is 3.98. The Morgan fingerprint density at radius 2 is 1.85 bits per heavy atom. The average molecular weight is 280 g/mol. The average Bonchev–Trinajstić information content (AvgIpc) is 2.90. The predicted octanol–water partition coefficient (Wildman–Crippen LogP) is 5.08. The van der Waals surface area contributed by atoms with Gasteiger partial charge in [0.15, 0.2) is 0 Å². The molecule has 1 aliphatic rings. The number of rotatable bonds is 1. The monoisotopic (exact) mass is 280 g/mol. The highest BCUT2D eigenvalue weighted by Crippen LogP contribution is 2.32. The molecule has 100 valence electrons. The minimum absolute atomic E-state index is 0.861. The van der Waals surface area contributed by atoms with Crippen molar-refractivity contribution in [2.45, 2.75) is 20.3 Å². The van der Waals surface area contributed by atoms with Crippen LogP contribution in [0.2, 0.25) is 0 Å². The summed E-state index contributed by atoms with van der Waals surface area (Å²) in [5, 5.41) is 1.30. The van der Waals surface area contributed by atoms with E-state index >= 15 is 0 Å². The first-order valence-corrected chi connectivity index (χ1v) is 7.48. The van der Waals surface area contributed by atoms with Crippen molar-refractivity contribution in [3.63, 3.8) is 0 Å². The van der Waals surface area contributed by atoms with Crippen molar-refractivity contribution in [3.05, 3.63) is 53.7 Å². The molecule has 2 nitrogen and oxygen atoms in total. The van der Waals surface area contributed by atoms with Gasteiger partial charge in [-0.3, -0.25) is 9.98 Å². The molecular weight excluding hydrogens is 264 g/mol. The van der Waals surface area contributed by atoms with E-state index < -0.39 is 0 Å². The van der Waals surface area contributed by atoms with Crippen LogP contribution < -0.4 is 0 Å². The van der Waals surface area contributed by atoms with Crippen LogP contribution in [0.25, 0.3) is 15.7 Å². The number of thiophene rings is 1. The summed E-state index contributed by atoms with van der Waals surface area (Å²) in [4.78, 5) is 10.2. The number of hydrogen-bond acceptors (Lipinski definition) is 3. The second kappa shape index (κ2) is 5.55. The number of nitrogens with zero attached hydrogens (tertiary/aromatic N) is 2. The highest BCUT2D eigenvalue weighted by Gasteiger charge is 2.06. The van der Waals surface area contributed by atoms with E-state index in [2.05, 4.69) is 46.4 Å². The summed E-state index contributed by atoms with van der Waals surface area (Å²) in [6, 6.07) is 10.7. The molecule has 0 atom stereocenters. The van der Waals surface area contributed by atoms with Gasteiger partial charge in [0.05, 0.1) is 11.4 Å². The van der Waals surface area contributed by atoms with E-state index in [9.17, 15) is 0 Å². The molecule has 0 bridgehead atoms. The molecule has 0 aliphatic carbocycles. The lowest BCUT2D eigenvalue weighted by Gasteiger charge is -1.99. The lowest BCUT2D eigenvalue weighted by Crippen LogP contribution is -2.03. The maximum absolute atomic E-state index is 4.54. The van der Waals surface area contributed by atoms with Crippen molar-refractivity contribution in [1.82, 2.24) is 0 Å². The van der Waals surface area contributed by atoms with E-state index in [-0.39, 0.29) is 0 Å². The fourth-order valence-electron chi connectivity index (χ4n) is 2.06. The third-order valence-corrected chi connectivity index (χ3v) is 4.58. The molecule has 1 aliphatic heterocycles. The van der Waals surface area contributed by atoms with E-state index in [4.69, 9.17) is 0 Å². The normalized spacial score (nSPS) is 20.2. The number of fused-ring (bicyclic) bond motifs is 1. The van der Waals surface area contributed by atoms with Gasteiger partial charge in [-0.1, -0.05) is 24.3 Å². The molecule has 1 aromatic carbocycles. The van der Waals surface area contributed by atoms with Gasteiger partial charge >= 0.3 is 0 Å². The zero-order chi connectivity index (χ0) is 13.9. The van der Waals surface area contributed by atoms with Gasteiger partial charge in [-0.2, -0.15) is 0 Å². The molecule has 0 saturated heterocycles. The number of allylic oxidation sites excluding steroid dienone is 2. The molecule has 0 saturated carbocycles. The quantitative estimate of drug-likeness (QED) is 0.696. The molecule has 0 amide bonds. The Labute approximate surface area is 122 Å². The Bertz CT molecular complexity index is 727. The van der Waals surface area contributed by atoms with Crippen LogP contribution in [0.1, 0.15) is 25.1 Å². The summed E-state index contributed by atoms with van der Waals surface area (Å²) in [7, 11) is 0. The third-order valence-electron chi connectivity index (χ3n) is 3.39. The zero-order valence-corrected chi connectivity index (χ0v) is 12.4. The van der Waals surface area contributed by atoms with Crippen molar-refractivity contribution >= 4 is 38.4 Å². The summed E-state index contributed by atoms with van der Waals surface area (Å²) in [5.74, 6) is 0. The molecule has 2 heterocycles. The Kier molecular flexibility index (Phi) is 3.61. The van der Waals surface area contributed by atoms with Gasteiger partial charge in [-0.25, -0.2) is 0 Å². The lowest BCUT2D eigenvalue weighted by molar-refractivity contribution is 1.37. The number of hydrogen-bond donors (Lipinski definition) is 0. The van der Waals surface area contributed by atoms with Crippen LogP contribution in [0.4, 0.5) is 0 Å². The first kappa shape index (κ1) is 13.0. The van der Waals surface area contributed by atoms with Crippen molar-refractivity contribution in [2.75, 3.05) is 0 Å². The molecule has 20 heavy (non-hydrogen) atoms. The molecule has 0 radical (unpaired) electrons. The maximum atomic E-state index is 4.54. The van der Waals surface area contributed by atoms with Crippen molar-refractivity contribution in [2.24, 2.45) is 9.98 Å². The Morgan fingerprint density at radius 3 is 2.70 bits per heavy atom. The van der Waals surface area contributed by atoms with E-state index in [0.29, 0.717) is 0 Å². The zero-order valence-electron chi connectivity index (χ0n) is 11.6. The second-order valence-corrected chi connectivity index (χ2v) is 5.90. The highest BCUT2D eigenvalue weighted by molar-refractivity contribution is 7.20. The summed E-state index contributed by atoms with van der Waals surface area (Å²) in [5.41, 5.74) is 3.18. The van der Waals surface area contributed by atoms with Gasteiger partial charge in [-0.15, -0.1) is 11.3 Å². The lowest BCUT2D eigenvalue weighted by atomic mass is 10.1. The fourth-order valence-corrected chi connectivity index (χ4v) is 3.14. The minimum Gasteiger partial charge on any atom is -0.260 e. The molecule has 3 rings (SSSR count). The highest BCUT2D eigenvalue weighted by atomic mass is 32.1. The number of aliphatic imine (C=N–C) groups is 2. The van der Waals surface area contributed by atoms with Gasteiger partial charge in [0, 0.05) is 22.0 Å². The van der Waals surface area contributed by atoms with Crippen molar-refractivity contribution in [3.8, 4) is 0 Å². The second-order valence-electron chi connectivity index (χ2n) is 4.82. The van der Waals surface area contributed by atoms with Crippen LogP contribution in [0, 0.1) is 0 Å². The largest absolute Gasteiger partial charge is 0.260 e. The van der Waals surface area contributed by atoms with Gasteiger partial charge in [0.2, 0.25) is 0 Å². The van der Waals surface area contributed by atoms with Gasteiger partial charge < -0.3 is 0 Å². The molecule has 1 aromatic heterocycles. The Hall–Kier alpha value is -2.00. The summed E-state index contributed by atoms with van der Waals surface area (Å²) >= 11 is 1.82. The molecule has 0 N–H and O–H groups in total. The topological polar surface area (TPSA) is 24.7 Å². The maximum Gasteiger partial charge on any atom is 0.0584 e.